The predicted octanol–water partition coefficient (Wildman–Crippen LogP) is 4.40. The Kier molecular flexibility index (Phi) is 6.12. The van der Waals surface area contributed by atoms with Crippen LogP contribution in [-0.2, 0) is 20.4 Å². The molecule has 0 bridgehead atoms. The highest BCUT2D eigenvalue weighted by molar-refractivity contribution is 8.00. The van der Waals surface area contributed by atoms with Crippen LogP contribution in [0.3, 0.4) is 0 Å². The monoisotopic (exact) mass is 455 g/mol. The number of hydrogen-bond acceptors (Lipinski definition) is 7. The third-order valence-corrected chi connectivity index (χ3v) is 7.92. The maximum absolute atomic E-state index is 12.6. The third kappa shape index (κ3) is 5.05. The van der Waals surface area contributed by atoms with E-state index in [0.29, 0.717) is 4.34 Å². The summed E-state index contributed by atoms with van der Waals surface area (Å²) in [6.45, 7) is 0. The van der Waals surface area contributed by atoms with Gasteiger partial charge in [-0.05, 0) is 28.5 Å². The van der Waals surface area contributed by atoms with Crippen LogP contribution in [0.5, 0.6) is 0 Å². The van der Waals surface area contributed by atoms with Crippen LogP contribution in [0.4, 0.5) is 5.13 Å². The van der Waals surface area contributed by atoms with Gasteiger partial charge in [0.2, 0.25) is 11.0 Å². The first-order valence-corrected chi connectivity index (χ1v) is 12.5. The lowest BCUT2D eigenvalue weighted by molar-refractivity contribution is -0.113. The number of benzene rings is 3. The van der Waals surface area contributed by atoms with Gasteiger partial charge in [0.1, 0.15) is 5.75 Å². The molecule has 1 N–H and O–H groups in total. The Morgan fingerprint density at radius 3 is 2.47 bits per heavy atom. The molecular formula is C21H17N3O3S3. The maximum atomic E-state index is 12.6. The molecule has 0 aliphatic rings. The third-order valence-electron chi connectivity index (χ3n) is 4.26. The summed E-state index contributed by atoms with van der Waals surface area (Å²) in [4.78, 5) is 12.4. The molecular weight excluding hydrogens is 438 g/mol. The summed E-state index contributed by atoms with van der Waals surface area (Å²) >= 11 is 2.73. The second kappa shape index (κ2) is 8.95. The van der Waals surface area contributed by atoms with Crippen molar-refractivity contribution in [3.63, 3.8) is 0 Å². The van der Waals surface area contributed by atoms with Crippen molar-refractivity contribution in [2.24, 2.45) is 0 Å². The number of aromatic nitrogens is 2. The average Bonchev–Trinajstić information content (AvgIpc) is 3.19. The fourth-order valence-electron chi connectivity index (χ4n) is 2.81. The van der Waals surface area contributed by atoms with Gasteiger partial charge in [0.25, 0.3) is 0 Å². The zero-order valence-corrected chi connectivity index (χ0v) is 18.1. The van der Waals surface area contributed by atoms with Gasteiger partial charge in [-0.15, -0.1) is 10.2 Å². The molecule has 3 aromatic carbocycles. The number of nitrogens with zero attached hydrogens (tertiary/aromatic N) is 2. The van der Waals surface area contributed by atoms with E-state index in [1.807, 2.05) is 54.6 Å². The predicted molar refractivity (Wildman–Crippen MR) is 121 cm³/mol. The minimum Gasteiger partial charge on any atom is -0.300 e. The van der Waals surface area contributed by atoms with E-state index < -0.39 is 21.5 Å². The highest BCUT2D eigenvalue weighted by Gasteiger charge is 2.21. The maximum Gasteiger partial charge on any atom is 0.241 e. The highest BCUT2D eigenvalue weighted by Crippen LogP contribution is 2.28. The summed E-state index contributed by atoms with van der Waals surface area (Å²) in [5.41, 5.74) is 1.16. The zero-order valence-electron chi connectivity index (χ0n) is 15.7. The normalized spacial score (nSPS) is 11.5. The van der Waals surface area contributed by atoms with E-state index in [-0.39, 0.29) is 10.0 Å². The molecule has 0 fully saturated rings. The minimum absolute atomic E-state index is 0.118. The summed E-state index contributed by atoms with van der Waals surface area (Å²) in [6, 6.07) is 22.3. The Hall–Kier alpha value is -2.75. The summed E-state index contributed by atoms with van der Waals surface area (Å²) < 4.78 is 26.0. The first-order chi connectivity index (χ1) is 14.5. The van der Waals surface area contributed by atoms with Crippen molar-refractivity contribution >= 4 is 54.7 Å². The smallest absolute Gasteiger partial charge is 0.241 e. The number of anilines is 1. The molecule has 6 nitrogen and oxygen atoms in total. The Bertz CT molecular complexity index is 1290. The lowest BCUT2D eigenvalue weighted by atomic mass is 10.1. The molecule has 0 saturated heterocycles. The van der Waals surface area contributed by atoms with Crippen LogP contribution in [0.25, 0.3) is 10.8 Å². The molecule has 0 aliphatic carbocycles. The van der Waals surface area contributed by atoms with Gasteiger partial charge >= 0.3 is 0 Å². The van der Waals surface area contributed by atoms with Crippen molar-refractivity contribution in [3.8, 4) is 0 Å². The van der Waals surface area contributed by atoms with Crippen molar-refractivity contribution in [2.75, 3.05) is 11.1 Å². The quantitative estimate of drug-likeness (QED) is 0.328. The Balaban J connectivity index is 1.38. The first kappa shape index (κ1) is 20.5. The molecule has 0 unspecified atom stereocenters. The van der Waals surface area contributed by atoms with Crippen molar-refractivity contribution in [1.82, 2.24) is 10.2 Å². The lowest BCUT2D eigenvalue weighted by Gasteiger charge is -2.06. The minimum atomic E-state index is -3.77. The second-order valence-corrected chi connectivity index (χ2v) is 10.7. The number of fused-ring (bicyclic) bond motifs is 1. The van der Waals surface area contributed by atoms with Crippen molar-refractivity contribution in [2.45, 2.75) is 15.0 Å². The van der Waals surface area contributed by atoms with Crippen LogP contribution in [0, 0.1) is 0 Å². The molecule has 1 heterocycles. The zero-order chi connectivity index (χ0) is 21.0. The first-order valence-electron chi connectivity index (χ1n) is 9.01. The SMILES string of the molecule is O=C(CS(=O)(=O)c1ccc2ccccc2c1)Nc1nnc(SCc2ccccc2)s1. The van der Waals surface area contributed by atoms with E-state index in [4.69, 9.17) is 0 Å². The number of sulfone groups is 1. The number of carbonyl (C=O) groups is 1. The summed E-state index contributed by atoms with van der Waals surface area (Å²) in [7, 11) is -3.77. The molecule has 0 spiro atoms. The van der Waals surface area contributed by atoms with Gasteiger partial charge in [-0.1, -0.05) is 83.8 Å². The number of nitrogens with one attached hydrogen (secondary N) is 1. The van der Waals surface area contributed by atoms with Crippen LogP contribution >= 0.6 is 23.1 Å². The van der Waals surface area contributed by atoms with E-state index >= 15 is 0 Å². The number of amides is 1. The van der Waals surface area contributed by atoms with Gasteiger partial charge < -0.3 is 0 Å². The van der Waals surface area contributed by atoms with Gasteiger partial charge in [-0.25, -0.2) is 8.42 Å². The Labute approximate surface area is 182 Å². The molecule has 0 saturated carbocycles. The Morgan fingerprint density at radius 1 is 0.933 bits per heavy atom. The molecule has 152 valence electrons. The molecule has 0 atom stereocenters. The number of hydrogen-bond donors (Lipinski definition) is 1. The van der Waals surface area contributed by atoms with E-state index in [0.717, 1.165) is 22.1 Å². The molecule has 4 rings (SSSR count). The van der Waals surface area contributed by atoms with Crippen LogP contribution in [0.15, 0.2) is 82.0 Å². The van der Waals surface area contributed by atoms with E-state index in [1.54, 1.807) is 12.1 Å². The van der Waals surface area contributed by atoms with Crippen molar-refractivity contribution < 1.29 is 13.2 Å². The van der Waals surface area contributed by atoms with Crippen molar-refractivity contribution in [3.05, 3.63) is 78.4 Å². The highest BCUT2D eigenvalue weighted by atomic mass is 32.2. The molecule has 4 aromatic rings. The van der Waals surface area contributed by atoms with Crippen LogP contribution in [0.2, 0.25) is 0 Å². The summed E-state index contributed by atoms with van der Waals surface area (Å²) in [5.74, 6) is -0.559. The van der Waals surface area contributed by atoms with Gasteiger partial charge in [-0.3, -0.25) is 10.1 Å². The molecule has 0 aliphatic heterocycles. The average molecular weight is 456 g/mol. The Morgan fingerprint density at radius 2 is 1.67 bits per heavy atom. The van der Waals surface area contributed by atoms with Gasteiger partial charge in [-0.2, -0.15) is 0 Å². The number of rotatable bonds is 7. The lowest BCUT2D eigenvalue weighted by Crippen LogP contribution is -2.23. The van der Waals surface area contributed by atoms with Crippen LogP contribution in [0.1, 0.15) is 5.56 Å². The standard InChI is InChI=1S/C21H17N3O3S3/c25-19(14-30(26,27)18-11-10-16-8-4-5-9-17(16)12-18)22-20-23-24-21(29-20)28-13-15-6-2-1-3-7-15/h1-12H,13-14H2,(H,22,23,25). The number of thioether (sulfide) groups is 1. The van der Waals surface area contributed by atoms with Crippen LogP contribution < -0.4 is 5.32 Å². The molecule has 30 heavy (non-hydrogen) atoms. The molecule has 1 amide bonds. The summed E-state index contributed by atoms with van der Waals surface area (Å²) in [5, 5.41) is 12.5. The fraction of sp³-hybridized carbons (Fsp3) is 0.0952. The van der Waals surface area contributed by atoms with E-state index in [2.05, 4.69) is 15.5 Å². The van der Waals surface area contributed by atoms with Crippen LogP contribution in [-0.4, -0.2) is 30.3 Å². The van der Waals surface area contributed by atoms with Gasteiger partial charge in [0, 0.05) is 5.75 Å². The molecule has 1 aromatic heterocycles. The summed E-state index contributed by atoms with van der Waals surface area (Å²) in [6.07, 6.45) is 0. The van der Waals surface area contributed by atoms with E-state index in [9.17, 15) is 13.2 Å². The largest absolute Gasteiger partial charge is 0.300 e. The molecule has 0 radical (unpaired) electrons. The fourth-order valence-corrected chi connectivity index (χ4v) is 5.70. The second-order valence-electron chi connectivity index (χ2n) is 6.46. The topological polar surface area (TPSA) is 89.0 Å². The number of carbonyl (C=O) groups excluding carboxylic acids is 1. The van der Waals surface area contributed by atoms with Gasteiger partial charge in [0.15, 0.2) is 14.2 Å². The van der Waals surface area contributed by atoms with Gasteiger partial charge in [0.05, 0.1) is 4.90 Å². The van der Waals surface area contributed by atoms with Crippen molar-refractivity contribution in [1.29, 1.82) is 0 Å². The molecule has 9 heteroatoms. The van der Waals surface area contributed by atoms with E-state index in [1.165, 1.54) is 29.2 Å².